The summed E-state index contributed by atoms with van der Waals surface area (Å²) in [5.74, 6) is 0.630. The molecule has 0 aromatic carbocycles. The predicted molar refractivity (Wildman–Crippen MR) is 116 cm³/mol. The van der Waals surface area contributed by atoms with Crippen LogP contribution in [0.2, 0.25) is 0 Å². The van der Waals surface area contributed by atoms with E-state index in [-0.39, 0.29) is 23.2 Å². The molecule has 0 bridgehead atoms. The minimum Gasteiger partial charge on any atom is -0.322 e. The Morgan fingerprint density at radius 1 is 1.25 bits per heavy atom. The molecule has 13 heteroatoms. The van der Waals surface area contributed by atoms with Crippen LogP contribution < -0.4 is 10.7 Å². The highest BCUT2D eigenvalue weighted by atomic mass is 32.2. The van der Waals surface area contributed by atoms with Crippen LogP contribution in [0.4, 0.5) is 4.79 Å². The highest BCUT2D eigenvalue weighted by molar-refractivity contribution is 7.99. The van der Waals surface area contributed by atoms with Gasteiger partial charge >= 0.3 is 6.03 Å². The van der Waals surface area contributed by atoms with Crippen LogP contribution in [0, 0.1) is 11.8 Å². The molecule has 11 nitrogen and oxygen atoms in total. The number of amides is 4. The van der Waals surface area contributed by atoms with Gasteiger partial charge in [-0.2, -0.15) is 5.01 Å². The fourth-order valence-corrected chi connectivity index (χ4v) is 7.13. The third-order valence-electron chi connectivity index (χ3n) is 6.58. The summed E-state index contributed by atoms with van der Waals surface area (Å²) < 4.78 is 25.1. The first-order valence-electron chi connectivity index (χ1n) is 10.8. The average molecular weight is 485 g/mol. The number of carbonyl (C=O) groups excluding carboxylic acids is 3. The summed E-state index contributed by atoms with van der Waals surface area (Å²) in [4.78, 5) is 37.6. The second-order valence-electron chi connectivity index (χ2n) is 9.09. The van der Waals surface area contributed by atoms with E-state index < -0.39 is 33.2 Å². The summed E-state index contributed by atoms with van der Waals surface area (Å²) in [5, 5.41) is 12.3. The Balaban J connectivity index is 1.30. The lowest BCUT2D eigenvalue weighted by atomic mass is 9.77. The summed E-state index contributed by atoms with van der Waals surface area (Å²) >= 11 is 1.14. The maximum atomic E-state index is 12.8. The van der Waals surface area contributed by atoms with Gasteiger partial charge in [-0.1, -0.05) is 18.7 Å². The summed E-state index contributed by atoms with van der Waals surface area (Å²) in [6.07, 6.45) is 3.98. The van der Waals surface area contributed by atoms with Gasteiger partial charge in [-0.3, -0.25) is 15.0 Å². The van der Waals surface area contributed by atoms with Gasteiger partial charge in [0, 0.05) is 13.5 Å². The number of aromatic nitrogens is 3. The minimum absolute atomic E-state index is 0.0267. The van der Waals surface area contributed by atoms with Crippen LogP contribution in [0.3, 0.4) is 0 Å². The second kappa shape index (κ2) is 8.65. The Bertz CT molecular complexity index is 1030. The molecule has 1 aromatic heterocycles. The maximum absolute atomic E-state index is 12.8. The zero-order valence-corrected chi connectivity index (χ0v) is 19.8. The molecule has 1 saturated carbocycles. The highest BCUT2D eigenvalue weighted by Gasteiger charge is 2.52. The lowest BCUT2D eigenvalue weighted by Crippen LogP contribution is -2.51. The van der Waals surface area contributed by atoms with Crippen LogP contribution in [0.1, 0.15) is 44.9 Å². The molecule has 0 radical (unpaired) electrons. The number of thioether (sulfide) groups is 1. The van der Waals surface area contributed by atoms with Crippen LogP contribution in [0.15, 0.2) is 5.16 Å². The number of carbonyl (C=O) groups is 3. The minimum atomic E-state index is -2.96. The van der Waals surface area contributed by atoms with Crippen molar-refractivity contribution in [2.75, 3.05) is 17.3 Å². The number of hydrazine groups is 1. The van der Waals surface area contributed by atoms with E-state index in [4.69, 9.17) is 0 Å². The first kappa shape index (κ1) is 23.0. The predicted octanol–water partition coefficient (Wildman–Crippen LogP) is 0.416. The third-order valence-corrected chi connectivity index (χ3v) is 9.44. The largest absolute Gasteiger partial charge is 0.344 e. The van der Waals surface area contributed by atoms with Gasteiger partial charge in [0.1, 0.15) is 11.4 Å². The quantitative estimate of drug-likeness (QED) is 0.437. The molecule has 32 heavy (non-hydrogen) atoms. The lowest BCUT2D eigenvalue weighted by Gasteiger charge is -2.33. The van der Waals surface area contributed by atoms with Crippen LogP contribution >= 0.6 is 11.8 Å². The number of rotatable bonds is 6. The first-order chi connectivity index (χ1) is 15.1. The van der Waals surface area contributed by atoms with Gasteiger partial charge in [-0.05, 0) is 43.9 Å². The second-order valence-corrected chi connectivity index (χ2v) is 12.3. The van der Waals surface area contributed by atoms with Crippen LogP contribution in [0.25, 0.3) is 0 Å². The van der Waals surface area contributed by atoms with Gasteiger partial charge in [0.25, 0.3) is 5.91 Å². The van der Waals surface area contributed by atoms with Gasteiger partial charge in [-0.25, -0.2) is 13.2 Å². The Hall–Kier alpha value is -2.15. The van der Waals surface area contributed by atoms with E-state index in [1.165, 1.54) is 0 Å². The third kappa shape index (κ3) is 4.63. The van der Waals surface area contributed by atoms with E-state index in [1.807, 2.05) is 0 Å². The molecule has 0 unspecified atom stereocenters. The van der Waals surface area contributed by atoms with Crippen molar-refractivity contribution in [1.29, 1.82) is 0 Å². The topological polar surface area (TPSA) is 143 Å². The molecule has 2 N–H and O–H groups in total. The highest BCUT2D eigenvalue weighted by Crippen LogP contribution is 2.35. The molecule has 4 amide bonds. The molecule has 4 rings (SSSR count). The smallest absolute Gasteiger partial charge is 0.322 e. The molecule has 1 spiro atoms. The average Bonchev–Trinajstić information content (AvgIpc) is 3.33. The summed E-state index contributed by atoms with van der Waals surface area (Å²) in [5.41, 5.74) is 1.51. The molecule has 176 valence electrons. The van der Waals surface area contributed by atoms with Gasteiger partial charge in [0.15, 0.2) is 15.0 Å². The van der Waals surface area contributed by atoms with Crippen molar-refractivity contribution in [2.45, 2.75) is 56.1 Å². The molecule has 3 fully saturated rings. The molecule has 3 heterocycles. The van der Waals surface area contributed by atoms with Crippen molar-refractivity contribution in [2.24, 2.45) is 18.9 Å². The number of hydrogen-bond donors (Lipinski definition) is 2. The zero-order valence-electron chi connectivity index (χ0n) is 18.2. The SMILES string of the molecule is CC1CCC2(CC1)NC(=O)N(NC(=O)CSc1nnc(C[C@H]3CCS(=O)(=O)C3)n1C)C2=O. The van der Waals surface area contributed by atoms with Crippen LogP contribution in [-0.2, 0) is 32.9 Å². The molecule has 1 aromatic rings. The fourth-order valence-electron chi connectivity index (χ4n) is 4.54. The standard InChI is InChI=1S/C19H28N6O5S2/c1-12-3-6-19(7-4-12)16(27)25(17(28)20-19)23-15(26)10-31-18-22-21-14(24(18)2)9-13-5-8-32(29,30)11-13/h12-13H,3-11H2,1-2H3,(H,20,28)(H,23,26)/t12?,13-,19?/m1/s1. The van der Waals surface area contributed by atoms with E-state index >= 15 is 0 Å². The van der Waals surface area contributed by atoms with Crippen LogP contribution in [-0.4, -0.2) is 68.8 Å². The van der Waals surface area contributed by atoms with E-state index in [0.717, 1.165) is 29.6 Å². The first-order valence-corrected chi connectivity index (χ1v) is 13.6. The Kier molecular flexibility index (Phi) is 6.23. The van der Waals surface area contributed by atoms with Crippen LogP contribution in [0.5, 0.6) is 0 Å². The van der Waals surface area contributed by atoms with Crippen molar-refractivity contribution in [1.82, 2.24) is 30.5 Å². The number of nitrogens with zero attached hydrogens (tertiary/aromatic N) is 4. The maximum Gasteiger partial charge on any atom is 0.344 e. The molecular weight excluding hydrogens is 456 g/mol. The molecule has 2 saturated heterocycles. The molecule has 3 aliphatic rings. The molecule has 2 aliphatic heterocycles. The zero-order chi connectivity index (χ0) is 23.1. The van der Waals surface area contributed by atoms with E-state index in [0.29, 0.717) is 42.6 Å². The fraction of sp³-hybridized carbons (Fsp3) is 0.737. The van der Waals surface area contributed by atoms with Crippen molar-refractivity contribution >= 4 is 39.4 Å². The van der Waals surface area contributed by atoms with Crippen molar-refractivity contribution in [3.8, 4) is 0 Å². The van der Waals surface area contributed by atoms with Gasteiger partial charge in [-0.15, -0.1) is 10.2 Å². The van der Waals surface area contributed by atoms with Crippen molar-refractivity contribution in [3.63, 3.8) is 0 Å². The molecule has 1 atom stereocenters. The number of imide groups is 1. The van der Waals surface area contributed by atoms with Gasteiger partial charge in [0.05, 0.1) is 17.3 Å². The van der Waals surface area contributed by atoms with E-state index in [1.54, 1.807) is 11.6 Å². The molecule has 1 aliphatic carbocycles. The summed E-state index contributed by atoms with van der Waals surface area (Å²) in [7, 11) is -1.19. The Labute approximate surface area is 191 Å². The van der Waals surface area contributed by atoms with Gasteiger partial charge in [0.2, 0.25) is 5.91 Å². The van der Waals surface area contributed by atoms with Gasteiger partial charge < -0.3 is 9.88 Å². The van der Waals surface area contributed by atoms with Crippen molar-refractivity contribution in [3.05, 3.63) is 5.82 Å². The number of hydrogen-bond acceptors (Lipinski definition) is 8. The van der Waals surface area contributed by atoms with E-state index in [2.05, 4.69) is 27.9 Å². The Morgan fingerprint density at radius 2 is 1.97 bits per heavy atom. The number of urea groups is 1. The van der Waals surface area contributed by atoms with Crippen molar-refractivity contribution < 1.29 is 22.8 Å². The van der Waals surface area contributed by atoms with E-state index in [9.17, 15) is 22.8 Å². The summed E-state index contributed by atoms with van der Waals surface area (Å²) in [6, 6.07) is -0.602. The number of sulfone groups is 1. The summed E-state index contributed by atoms with van der Waals surface area (Å²) in [6.45, 7) is 2.12. The Morgan fingerprint density at radius 3 is 2.62 bits per heavy atom. The lowest BCUT2D eigenvalue weighted by molar-refractivity contribution is -0.139. The monoisotopic (exact) mass is 484 g/mol. The number of nitrogens with one attached hydrogen (secondary N) is 2. The molecular formula is C19H28N6O5S2. The normalized spacial score (nSPS) is 29.5.